The summed E-state index contributed by atoms with van der Waals surface area (Å²) in [6.07, 6.45) is 0. The van der Waals surface area contributed by atoms with E-state index in [0.29, 0.717) is 18.8 Å². The number of benzene rings is 2. The molecule has 0 aliphatic rings. The Labute approximate surface area is 129 Å². The fourth-order valence-electron chi connectivity index (χ4n) is 1.96. The van der Waals surface area contributed by atoms with Crippen molar-refractivity contribution in [2.24, 2.45) is 0 Å². The number of phenolic OH excluding ortho intramolecular Hbond substituents is 1. The zero-order valence-corrected chi connectivity index (χ0v) is 12.8. The second kappa shape index (κ2) is 7.74. The molecule has 21 heavy (non-hydrogen) atoms. The van der Waals surface area contributed by atoms with E-state index in [9.17, 15) is 9.90 Å². The predicted octanol–water partition coefficient (Wildman–Crippen LogP) is 3.53. The molecule has 0 saturated carbocycles. The van der Waals surface area contributed by atoms with Gasteiger partial charge >= 0.3 is 0 Å². The molecule has 110 valence electrons. The van der Waals surface area contributed by atoms with E-state index < -0.39 is 0 Å². The monoisotopic (exact) mass is 301 g/mol. The van der Waals surface area contributed by atoms with Crippen molar-refractivity contribution in [2.45, 2.75) is 18.4 Å². The molecule has 0 radical (unpaired) electrons. The first kappa shape index (κ1) is 15.4. The number of hydrogen-bond donors (Lipinski definition) is 1. The molecule has 0 aromatic heterocycles. The van der Waals surface area contributed by atoms with Gasteiger partial charge in [0.2, 0.25) is 5.91 Å². The van der Waals surface area contributed by atoms with Crippen LogP contribution in [-0.2, 0) is 11.3 Å². The van der Waals surface area contributed by atoms with Crippen LogP contribution in [0.3, 0.4) is 0 Å². The summed E-state index contributed by atoms with van der Waals surface area (Å²) in [6.45, 7) is 3.34. The Bertz CT molecular complexity index is 569. The molecule has 1 N–H and O–H groups in total. The number of amides is 1. The lowest BCUT2D eigenvalue weighted by molar-refractivity contribution is -0.128. The highest BCUT2D eigenvalue weighted by molar-refractivity contribution is 8.00. The second-order valence-electron chi connectivity index (χ2n) is 4.68. The third-order valence-electron chi connectivity index (χ3n) is 3.15. The molecule has 0 spiro atoms. The van der Waals surface area contributed by atoms with Crippen molar-refractivity contribution >= 4 is 17.7 Å². The first-order chi connectivity index (χ1) is 10.2. The van der Waals surface area contributed by atoms with Crippen molar-refractivity contribution in [3.8, 4) is 5.75 Å². The van der Waals surface area contributed by atoms with Crippen LogP contribution >= 0.6 is 11.8 Å². The van der Waals surface area contributed by atoms with Crippen molar-refractivity contribution in [3.05, 3.63) is 60.2 Å². The van der Waals surface area contributed by atoms with Crippen LogP contribution < -0.4 is 0 Å². The van der Waals surface area contributed by atoms with Gasteiger partial charge in [0.1, 0.15) is 5.75 Å². The number of nitrogens with zero attached hydrogens (tertiary/aromatic N) is 1. The van der Waals surface area contributed by atoms with Crippen LogP contribution in [0.2, 0.25) is 0 Å². The minimum atomic E-state index is 0.124. The minimum Gasteiger partial charge on any atom is -0.508 e. The standard InChI is InChI=1S/C17H19NO2S/c1-2-18(12-14-6-4-3-5-7-14)17(20)13-21-16-10-8-15(19)9-11-16/h3-11,19H,2,12-13H2,1H3. The zero-order chi connectivity index (χ0) is 15.1. The molecule has 0 atom stereocenters. The molecular formula is C17H19NO2S. The Kier molecular flexibility index (Phi) is 5.69. The van der Waals surface area contributed by atoms with Gasteiger partial charge in [0.05, 0.1) is 5.75 Å². The summed E-state index contributed by atoms with van der Waals surface area (Å²) in [5, 5.41) is 9.24. The largest absolute Gasteiger partial charge is 0.508 e. The normalized spacial score (nSPS) is 10.3. The minimum absolute atomic E-state index is 0.124. The molecule has 2 aromatic carbocycles. The average molecular weight is 301 g/mol. The van der Waals surface area contributed by atoms with E-state index in [-0.39, 0.29) is 11.7 Å². The molecule has 0 heterocycles. The Balaban J connectivity index is 1.89. The third-order valence-corrected chi connectivity index (χ3v) is 4.15. The van der Waals surface area contributed by atoms with E-state index in [1.165, 1.54) is 11.8 Å². The summed E-state index contributed by atoms with van der Waals surface area (Å²) in [5.74, 6) is 0.773. The Morgan fingerprint density at radius 3 is 2.38 bits per heavy atom. The molecule has 0 aliphatic carbocycles. The quantitative estimate of drug-likeness (QED) is 0.830. The van der Waals surface area contributed by atoms with Gasteiger partial charge in [0, 0.05) is 18.0 Å². The summed E-state index contributed by atoms with van der Waals surface area (Å²) in [7, 11) is 0. The van der Waals surface area contributed by atoms with Gasteiger partial charge in [0.25, 0.3) is 0 Å². The highest BCUT2D eigenvalue weighted by Gasteiger charge is 2.12. The third kappa shape index (κ3) is 4.83. The van der Waals surface area contributed by atoms with E-state index in [4.69, 9.17) is 0 Å². The van der Waals surface area contributed by atoms with Gasteiger partial charge in [0.15, 0.2) is 0 Å². The van der Waals surface area contributed by atoms with Gasteiger partial charge < -0.3 is 10.0 Å². The van der Waals surface area contributed by atoms with E-state index in [1.807, 2.05) is 54.3 Å². The first-order valence-corrected chi connectivity index (χ1v) is 7.91. The molecule has 1 amide bonds. The van der Waals surface area contributed by atoms with Crippen LogP contribution in [0, 0.1) is 0 Å². The molecule has 3 nitrogen and oxygen atoms in total. The fourth-order valence-corrected chi connectivity index (χ4v) is 2.76. The molecule has 4 heteroatoms. The molecule has 0 aliphatic heterocycles. The molecule has 2 aromatic rings. The number of thioether (sulfide) groups is 1. The predicted molar refractivity (Wildman–Crippen MR) is 86.4 cm³/mol. The zero-order valence-electron chi connectivity index (χ0n) is 12.0. The maximum atomic E-state index is 12.3. The van der Waals surface area contributed by atoms with Gasteiger partial charge in [-0.05, 0) is 36.8 Å². The highest BCUT2D eigenvalue weighted by atomic mass is 32.2. The van der Waals surface area contributed by atoms with Gasteiger partial charge in [-0.25, -0.2) is 0 Å². The lowest BCUT2D eigenvalue weighted by atomic mass is 10.2. The average Bonchev–Trinajstić information content (AvgIpc) is 2.52. The van der Waals surface area contributed by atoms with Crippen LogP contribution in [0.4, 0.5) is 0 Å². The summed E-state index contributed by atoms with van der Waals surface area (Å²) >= 11 is 1.49. The van der Waals surface area contributed by atoms with Crippen LogP contribution in [0.25, 0.3) is 0 Å². The number of rotatable bonds is 6. The summed E-state index contributed by atoms with van der Waals surface area (Å²) in [4.78, 5) is 15.1. The lowest BCUT2D eigenvalue weighted by Gasteiger charge is -2.20. The highest BCUT2D eigenvalue weighted by Crippen LogP contribution is 2.21. The van der Waals surface area contributed by atoms with Gasteiger partial charge in [-0.3, -0.25) is 4.79 Å². The molecular weight excluding hydrogens is 282 g/mol. The maximum Gasteiger partial charge on any atom is 0.233 e. The fraction of sp³-hybridized carbons (Fsp3) is 0.235. The summed E-state index contributed by atoms with van der Waals surface area (Å²) in [5.41, 5.74) is 1.14. The van der Waals surface area contributed by atoms with Crippen molar-refractivity contribution in [1.82, 2.24) is 4.90 Å². The second-order valence-corrected chi connectivity index (χ2v) is 5.72. The number of carbonyl (C=O) groups excluding carboxylic acids is 1. The topological polar surface area (TPSA) is 40.5 Å². The SMILES string of the molecule is CCN(Cc1ccccc1)C(=O)CSc1ccc(O)cc1. The Morgan fingerprint density at radius 1 is 1.10 bits per heavy atom. The maximum absolute atomic E-state index is 12.3. The summed E-state index contributed by atoms with van der Waals surface area (Å²) < 4.78 is 0. The van der Waals surface area contributed by atoms with Crippen LogP contribution in [0.15, 0.2) is 59.5 Å². The van der Waals surface area contributed by atoms with E-state index in [1.54, 1.807) is 12.1 Å². The molecule has 0 saturated heterocycles. The van der Waals surface area contributed by atoms with Crippen molar-refractivity contribution in [3.63, 3.8) is 0 Å². The number of carbonyl (C=O) groups is 1. The van der Waals surface area contributed by atoms with Gasteiger partial charge in [-0.2, -0.15) is 0 Å². The van der Waals surface area contributed by atoms with Crippen molar-refractivity contribution in [2.75, 3.05) is 12.3 Å². The van der Waals surface area contributed by atoms with Gasteiger partial charge in [-0.1, -0.05) is 30.3 Å². The van der Waals surface area contributed by atoms with E-state index >= 15 is 0 Å². The molecule has 0 unspecified atom stereocenters. The van der Waals surface area contributed by atoms with Crippen molar-refractivity contribution < 1.29 is 9.90 Å². The van der Waals surface area contributed by atoms with Crippen LogP contribution in [0.5, 0.6) is 5.75 Å². The first-order valence-electron chi connectivity index (χ1n) is 6.92. The number of aromatic hydroxyl groups is 1. The Hall–Kier alpha value is -1.94. The van der Waals surface area contributed by atoms with Crippen LogP contribution in [-0.4, -0.2) is 28.2 Å². The molecule has 2 rings (SSSR count). The Morgan fingerprint density at radius 2 is 1.76 bits per heavy atom. The number of hydrogen-bond acceptors (Lipinski definition) is 3. The molecule has 0 fully saturated rings. The van der Waals surface area contributed by atoms with Gasteiger partial charge in [-0.15, -0.1) is 11.8 Å². The van der Waals surface area contributed by atoms with Crippen molar-refractivity contribution in [1.29, 1.82) is 0 Å². The smallest absolute Gasteiger partial charge is 0.233 e. The van der Waals surface area contributed by atoms with E-state index in [0.717, 1.165) is 10.5 Å². The lowest BCUT2D eigenvalue weighted by Crippen LogP contribution is -2.31. The van der Waals surface area contributed by atoms with E-state index in [2.05, 4.69) is 0 Å². The van der Waals surface area contributed by atoms with Crippen LogP contribution in [0.1, 0.15) is 12.5 Å². The number of phenols is 1. The molecule has 0 bridgehead atoms. The summed E-state index contributed by atoms with van der Waals surface area (Å²) in [6, 6.07) is 16.9.